The summed E-state index contributed by atoms with van der Waals surface area (Å²) in [7, 11) is 0. The first-order valence-corrected chi connectivity index (χ1v) is 7.42. The van der Waals surface area contributed by atoms with Crippen molar-refractivity contribution >= 4 is 17.6 Å². The van der Waals surface area contributed by atoms with Gasteiger partial charge in [-0.05, 0) is 32.4 Å². The number of amides is 1. The van der Waals surface area contributed by atoms with Gasteiger partial charge in [-0.1, -0.05) is 0 Å². The highest BCUT2D eigenvalue weighted by Gasteiger charge is 2.32. The SMILES string of the molecule is CC(C)(CC(=O)NC1CCN(c2ccc(F)cc2F)C1)C(=O)O. The highest BCUT2D eigenvalue weighted by atomic mass is 19.1. The topological polar surface area (TPSA) is 69.6 Å². The molecule has 1 aliphatic heterocycles. The van der Waals surface area contributed by atoms with E-state index in [4.69, 9.17) is 5.11 Å². The van der Waals surface area contributed by atoms with E-state index in [0.29, 0.717) is 25.2 Å². The standard InChI is InChI=1S/C16H20F2N2O3/c1-16(2,15(22)23)8-14(21)19-11-5-6-20(9-11)13-4-3-10(17)7-12(13)18/h3-4,7,11H,5-6,8-9H2,1-2H3,(H,19,21)(H,22,23). The predicted molar refractivity (Wildman–Crippen MR) is 81.2 cm³/mol. The number of benzene rings is 1. The average molecular weight is 326 g/mol. The van der Waals surface area contributed by atoms with Crippen LogP contribution in [0.4, 0.5) is 14.5 Å². The normalized spacial score (nSPS) is 18.1. The van der Waals surface area contributed by atoms with Crippen molar-refractivity contribution < 1.29 is 23.5 Å². The molecular formula is C16H20F2N2O3. The molecule has 0 saturated carbocycles. The Labute approximate surface area is 133 Å². The molecule has 5 nitrogen and oxygen atoms in total. The van der Waals surface area contributed by atoms with Crippen molar-refractivity contribution in [2.24, 2.45) is 5.41 Å². The molecule has 0 aromatic heterocycles. The number of rotatable bonds is 5. The van der Waals surface area contributed by atoms with Crippen molar-refractivity contribution in [1.29, 1.82) is 0 Å². The summed E-state index contributed by atoms with van der Waals surface area (Å²) >= 11 is 0. The Morgan fingerprint density at radius 2 is 2.09 bits per heavy atom. The second-order valence-corrected chi connectivity index (χ2v) is 6.46. The van der Waals surface area contributed by atoms with Crippen molar-refractivity contribution in [3.8, 4) is 0 Å². The number of hydrogen-bond acceptors (Lipinski definition) is 3. The smallest absolute Gasteiger partial charge is 0.309 e. The van der Waals surface area contributed by atoms with Gasteiger partial charge in [-0.2, -0.15) is 0 Å². The molecule has 7 heteroatoms. The Hall–Kier alpha value is -2.18. The highest BCUT2D eigenvalue weighted by molar-refractivity contribution is 5.84. The summed E-state index contributed by atoms with van der Waals surface area (Å²) in [6, 6.07) is 3.22. The van der Waals surface area contributed by atoms with Gasteiger partial charge in [0.2, 0.25) is 5.91 Å². The van der Waals surface area contributed by atoms with E-state index in [0.717, 1.165) is 6.07 Å². The number of carbonyl (C=O) groups excluding carboxylic acids is 1. The van der Waals surface area contributed by atoms with E-state index >= 15 is 0 Å². The van der Waals surface area contributed by atoms with Gasteiger partial charge in [0.25, 0.3) is 0 Å². The van der Waals surface area contributed by atoms with E-state index < -0.39 is 23.0 Å². The van der Waals surface area contributed by atoms with Gasteiger partial charge in [0, 0.05) is 31.6 Å². The molecule has 1 atom stereocenters. The molecule has 2 N–H and O–H groups in total. The largest absolute Gasteiger partial charge is 0.481 e. The van der Waals surface area contributed by atoms with Crippen LogP contribution in [0.3, 0.4) is 0 Å². The van der Waals surface area contributed by atoms with Gasteiger partial charge >= 0.3 is 5.97 Å². The molecule has 0 radical (unpaired) electrons. The molecular weight excluding hydrogens is 306 g/mol. The van der Waals surface area contributed by atoms with Gasteiger partial charge in [0.05, 0.1) is 11.1 Å². The lowest BCUT2D eigenvalue weighted by atomic mass is 9.89. The Bertz CT molecular complexity index is 619. The number of nitrogens with zero attached hydrogens (tertiary/aromatic N) is 1. The molecule has 23 heavy (non-hydrogen) atoms. The molecule has 1 saturated heterocycles. The van der Waals surface area contributed by atoms with Crippen molar-refractivity contribution in [2.75, 3.05) is 18.0 Å². The third-order valence-corrected chi connectivity index (χ3v) is 3.99. The number of carboxylic acid groups (broad SMARTS) is 1. The van der Waals surface area contributed by atoms with Crippen LogP contribution in [0.25, 0.3) is 0 Å². The molecule has 0 spiro atoms. The molecule has 2 rings (SSSR count). The minimum atomic E-state index is -1.13. The van der Waals surface area contributed by atoms with Crippen molar-refractivity contribution in [3.63, 3.8) is 0 Å². The fourth-order valence-electron chi connectivity index (χ4n) is 2.59. The number of anilines is 1. The van der Waals surface area contributed by atoms with E-state index in [1.54, 1.807) is 4.90 Å². The minimum absolute atomic E-state index is 0.121. The molecule has 1 amide bonds. The second-order valence-electron chi connectivity index (χ2n) is 6.46. The minimum Gasteiger partial charge on any atom is -0.481 e. The Morgan fingerprint density at radius 3 is 2.70 bits per heavy atom. The maximum absolute atomic E-state index is 13.8. The number of nitrogens with one attached hydrogen (secondary N) is 1. The van der Waals surface area contributed by atoms with E-state index in [1.165, 1.54) is 26.0 Å². The first-order chi connectivity index (χ1) is 10.7. The number of carboxylic acids is 1. The van der Waals surface area contributed by atoms with Crippen LogP contribution in [0.1, 0.15) is 26.7 Å². The maximum atomic E-state index is 13.8. The van der Waals surface area contributed by atoms with Crippen molar-refractivity contribution in [3.05, 3.63) is 29.8 Å². The quantitative estimate of drug-likeness (QED) is 0.870. The summed E-state index contributed by atoms with van der Waals surface area (Å²) in [5.74, 6) is -2.65. The zero-order chi connectivity index (χ0) is 17.2. The molecule has 1 aliphatic rings. The fourth-order valence-corrected chi connectivity index (χ4v) is 2.59. The molecule has 0 aliphatic carbocycles. The molecule has 126 valence electrons. The first kappa shape index (κ1) is 17.2. The number of carbonyl (C=O) groups is 2. The third-order valence-electron chi connectivity index (χ3n) is 3.99. The summed E-state index contributed by atoms with van der Waals surface area (Å²) in [4.78, 5) is 24.7. The monoisotopic (exact) mass is 326 g/mol. The first-order valence-electron chi connectivity index (χ1n) is 7.42. The molecule has 1 aromatic carbocycles. The van der Waals surface area contributed by atoms with Gasteiger partial charge in [-0.25, -0.2) is 8.78 Å². The van der Waals surface area contributed by atoms with E-state index in [-0.39, 0.29) is 18.4 Å². The Kier molecular flexibility index (Phi) is 4.87. The summed E-state index contributed by atoms with van der Waals surface area (Å²) in [5.41, 5.74) is -0.833. The zero-order valence-corrected chi connectivity index (χ0v) is 13.1. The highest BCUT2D eigenvalue weighted by Crippen LogP contribution is 2.25. The Balaban J connectivity index is 1.93. The van der Waals surface area contributed by atoms with Gasteiger partial charge < -0.3 is 15.3 Å². The molecule has 1 fully saturated rings. The van der Waals surface area contributed by atoms with Gasteiger partial charge in [0.1, 0.15) is 11.6 Å². The van der Waals surface area contributed by atoms with E-state index in [9.17, 15) is 18.4 Å². The van der Waals surface area contributed by atoms with Crippen LogP contribution in [0.15, 0.2) is 18.2 Å². The second kappa shape index (κ2) is 6.52. The lowest BCUT2D eigenvalue weighted by molar-refractivity contribution is -0.149. The predicted octanol–water partition coefficient (Wildman–Crippen LogP) is 2.16. The average Bonchev–Trinajstić information content (AvgIpc) is 2.85. The molecule has 1 aromatic rings. The number of halogens is 2. The fraction of sp³-hybridized carbons (Fsp3) is 0.500. The van der Waals surface area contributed by atoms with Crippen molar-refractivity contribution in [2.45, 2.75) is 32.7 Å². The lowest BCUT2D eigenvalue weighted by Gasteiger charge is -2.21. The number of hydrogen-bond donors (Lipinski definition) is 2. The van der Waals surface area contributed by atoms with Gasteiger partial charge in [0.15, 0.2) is 0 Å². The van der Waals surface area contributed by atoms with Crippen LogP contribution in [-0.4, -0.2) is 36.1 Å². The molecule has 0 bridgehead atoms. The van der Waals surface area contributed by atoms with Crippen LogP contribution in [0.2, 0.25) is 0 Å². The number of aliphatic carboxylic acids is 1. The van der Waals surface area contributed by atoms with Crippen LogP contribution < -0.4 is 10.2 Å². The van der Waals surface area contributed by atoms with Crippen LogP contribution in [-0.2, 0) is 9.59 Å². The van der Waals surface area contributed by atoms with Gasteiger partial charge in [-0.15, -0.1) is 0 Å². The summed E-state index contributed by atoms with van der Waals surface area (Å²) in [6.45, 7) is 3.92. The van der Waals surface area contributed by atoms with Crippen LogP contribution in [0, 0.1) is 17.0 Å². The summed E-state index contributed by atoms with van der Waals surface area (Å²) < 4.78 is 26.7. The van der Waals surface area contributed by atoms with E-state index in [2.05, 4.69) is 5.32 Å². The molecule has 1 unspecified atom stereocenters. The zero-order valence-electron chi connectivity index (χ0n) is 13.1. The summed E-state index contributed by atoms with van der Waals surface area (Å²) in [5, 5.41) is 11.8. The lowest BCUT2D eigenvalue weighted by Crippen LogP contribution is -2.40. The van der Waals surface area contributed by atoms with Gasteiger partial charge in [-0.3, -0.25) is 9.59 Å². The molecule has 1 heterocycles. The summed E-state index contributed by atoms with van der Waals surface area (Å²) in [6.07, 6.45) is 0.500. The van der Waals surface area contributed by atoms with Crippen LogP contribution >= 0.6 is 0 Å². The van der Waals surface area contributed by atoms with Crippen molar-refractivity contribution in [1.82, 2.24) is 5.32 Å². The third kappa shape index (κ3) is 4.18. The Morgan fingerprint density at radius 1 is 1.39 bits per heavy atom. The van der Waals surface area contributed by atoms with Crippen LogP contribution in [0.5, 0.6) is 0 Å². The maximum Gasteiger partial charge on any atom is 0.309 e. The van der Waals surface area contributed by atoms with E-state index in [1.807, 2.05) is 0 Å².